The van der Waals surface area contributed by atoms with Crippen molar-refractivity contribution in [1.82, 2.24) is 9.97 Å². The van der Waals surface area contributed by atoms with Crippen LogP contribution < -0.4 is 10.5 Å². The van der Waals surface area contributed by atoms with Crippen LogP contribution >= 0.6 is 0 Å². The number of rotatable bonds is 4. The van der Waals surface area contributed by atoms with Crippen LogP contribution in [0.25, 0.3) is 22.2 Å². The molecule has 26 heavy (non-hydrogen) atoms. The third kappa shape index (κ3) is 2.98. The summed E-state index contributed by atoms with van der Waals surface area (Å²) in [6, 6.07) is 24.5. The summed E-state index contributed by atoms with van der Waals surface area (Å²) in [5, 5.41) is 0.925. The number of nitrogens with two attached hydrogens (primary N) is 1. The molecule has 0 aliphatic carbocycles. The minimum absolute atomic E-state index is 0.163. The number of primary amides is 1. The second-order valence-corrected chi connectivity index (χ2v) is 5.70. The standard InChI is InChI=1S/C21H15N3O2/c22-20(25)16-11-5-7-13-18(16)26-21-23-17-12-6-4-10-15(17)19(24-21)14-8-2-1-3-9-14/h1-13H,(H2,22,25). The van der Waals surface area contributed by atoms with Gasteiger partial charge in [0.25, 0.3) is 5.91 Å². The van der Waals surface area contributed by atoms with Crippen LogP contribution in [0.1, 0.15) is 10.4 Å². The fourth-order valence-electron chi connectivity index (χ4n) is 2.77. The monoisotopic (exact) mass is 341 g/mol. The van der Waals surface area contributed by atoms with Crippen molar-refractivity contribution in [2.45, 2.75) is 0 Å². The Kier molecular flexibility index (Phi) is 4.03. The lowest BCUT2D eigenvalue weighted by Crippen LogP contribution is -2.12. The highest BCUT2D eigenvalue weighted by molar-refractivity contribution is 5.96. The normalized spacial score (nSPS) is 10.6. The van der Waals surface area contributed by atoms with Gasteiger partial charge in [-0.25, -0.2) is 0 Å². The highest BCUT2D eigenvalue weighted by atomic mass is 16.5. The number of amides is 1. The van der Waals surface area contributed by atoms with Crippen molar-refractivity contribution in [3.8, 4) is 23.0 Å². The Bertz CT molecular complexity index is 1090. The van der Waals surface area contributed by atoms with Crippen molar-refractivity contribution in [3.63, 3.8) is 0 Å². The molecule has 2 N–H and O–H groups in total. The fourth-order valence-corrected chi connectivity index (χ4v) is 2.77. The molecule has 3 aromatic carbocycles. The number of aromatic nitrogens is 2. The first-order valence-electron chi connectivity index (χ1n) is 8.11. The lowest BCUT2D eigenvalue weighted by Gasteiger charge is -2.11. The number of carbonyl (C=O) groups excluding carboxylic acids is 1. The van der Waals surface area contributed by atoms with E-state index in [0.717, 1.165) is 22.2 Å². The van der Waals surface area contributed by atoms with Gasteiger partial charge < -0.3 is 10.5 Å². The number of carbonyl (C=O) groups is 1. The molecule has 126 valence electrons. The number of nitrogens with zero attached hydrogens (tertiary/aromatic N) is 2. The van der Waals surface area contributed by atoms with Crippen LogP contribution in [0.5, 0.6) is 11.8 Å². The molecule has 0 unspecified atom stereocenters. The Hall–Kier alpha value is -3.73. The molecule has 1 aromatic heterocycles. The third-order valence-electron chi connectivity index (χ3n) is 3.98. The molecule has 0 spiro atoms. The van der Waals surface area contributed by atoms with Crippen LogP contribution in [0, 0.1) is 0 Å². The van der Waals surface area contributed by atoms with Crippen LogP contribution in [-0.4, -0.2) is 15.9 Å². The molecule has 0 radical (unpaired) electrons. The zero-order valence-electron chi connectivity index (χ0n) is 13.8. The Labute approximate surface area is 150 Å². The topological polar surface area (TPSA) is 78.1 Å². The maximum atomic E-state index is 11.6. The quantitative estimate of drug-likeness (QED) is 0.604. The van der Waals surface area contributed by atoms with Gasteiger partial charge in [0.05, 0.1) is 16.8 Å². The van der Waals surface area contributed by atoms with Crippen LogP contribution in [0.3, 0.4) is 0 Å². The lowest BCUT2D eigenvalue weighted by molar-refractivity contribution is 0.0998. The Morgan fingerprint density at radius 1 is 0.808 bits per heavy atom. The average molecular weight is 341 g/mol. The second-order valence-electron chi connectivity index (χ2n) is 5.70. The molecule has 1 amide bonds. The van der Waals surface area contributed by atoms with Crippen molar-refractivity contribution < 1.29 is 9.53 Å². The van der Waals surface area contributed by atoms with E-state index >= 15 is 0 Å². The lowest BCUT2D eigenvalue weighted by atomic mass is 10.1. The number of fused-ring (bicyclic) bond motifs is 1. The van der Waals surface area contributed by atoms with Crippen LogP contribution in [0.2, 0.25) is 0 Å². The van der Waals surface area contributed by atoms with Gasteiger partial charge in [-0.2, -0.15) is 9.97 Å². The smallest absolute Gasteiger partial charge is 0.323 e. The molecule has 0 fully saturated rings. The molecule has 1 heterocycles. The summed E-state index contributed by atoms with van der Waals surface area (Å²) in [4.78, 5) is 20.7. The summed E-state index contributed by atoms with van der Waals surface area (Å²) in [5.41, 5.74) is 8.18. The number of para-hydroxylation sites is 2. The van der Waals surface area contributed by atoms with Crippen molar-refractivity contribution >= 4 is 16.8 Å². The summed E-state index contributed by atoms with van der Waals surface area (Å²) in [6.07, 6.45) is 0. The Morgan fingerprint density at radius 2 is 1.50 bits per heavy atom. The van der Waals surface area contributed by atoms with E-state index in [2.05, 4.69) is 9.97 Å². The Balaban J connectivity index is 1.86. The van der Waals surface area contributed by atoms with Crippen LogP contribution in [-0.2, 0) is 0 Å². The number of hydrogen-bond donors (Lipinski definition) is 1. The highest BCUT2D eigenvalue weighted by Gasteiger charge is 2.14. The van der Waals surface area contributed by atoms with Gasteiger partial charge in [-0.1, -0.05) is 60.7 Å². The molecule has 0 aliphatic heterocycles. The van der Waals surface area contributed by atoms with E-state index in [9.17, 15) is 4.79 Å². The molecular formula is C21H15N3O2. The molecule has 4 rings (SSSR count). The summed E-state index contributed by atoms with van der Waals surface area (Å²) in [5.74, 6) is -0.237. The minimum Gasteiger partial charge on any atom is -0.423 e. The molecule has 4 aromatic rings. The molecule has 0 aliphatic rings. The first-order chi connectivity index (χ1) is 12.7. The van der Waals surface area contributed by atoms with E-state index in [0.29, 0.717) is 5.75 Å². The van der Waals surface area contributed by atoms with E-state index in [1.807, 2.05) is 54.6 Å². The number of hydrogen-bond acceptors (Lipinski definition) is 4. The predicted molar refractivity (Wildman–Crippen MR) is 100 cm³/mol. The fraction of sp³-hybridized carbons (Fsp3) is 0. The van der Waals surface area contributed by atoms with Gasteiger partial charge in [-0.15, -0.1) is 0 Å². The van der Waals surface area contributed by atoms with Gasteiger partial charge in [0.2, 0.25) is 0 Å². The zero-order valence-corrected chi connectivity index (χ0v) is 13.8. The largest absolute Gasteiger partial charge is 0.423 e. The van der Waals surface area contributed by atoms with E-state index < -0.39 is 5.91 Å². The van der Waals surface area contributed by atoms with Gasteiger partial charge in [0.15, 0.2) is 0 Å². The van der Waals surface area contributed by atoms with Gasteiger partial charge in [-0.3, -0.25) is 4.79 Å². The molecule has 0 atom stereocenters. The maximum absolute atomic E-state index is 11.6. The Morgan fingerprint density at radius 3 is 2.31 bits per heavy atom. The molecule has 0 saturated heterocycles. The van der Waals surface area contributed by atoms with E-state index in [1.54, 1.807) is 24.3 Å². The van der Waals surface area contributed by atoms with Gasteiger partial charge in [0.1, 0.15) is 5.75 Å². The SMILES string of the molecule is NC(=O)c1ccccc1Oc1nc(-c2ccccc2)c2ccccc2n1. The summed E-state index contributed by atoms with van der Waals surface area (Å²) < 4.78 is 5.82. The van der Waals surface area contributed by atoms with Crippen molar-refractivity contribution in [2.75, 3.05) is 0 Å². The van der Waals surface area contributed by atoms with Crippen LogP contribution in [0.15, 0.2) is 78.9 Å². The van der Waals surface area contributed by atoms with Gasteiger partial charge in [-0.05, 0) is 18.2 Å². The van der Waals surface area contributed by atoms with E-state index in [-0.39, 0.29) is 11.6 Å². The van der Waals surface area contributed by atoms with Crippen molar-refractivity contribution in [3.05, 3.63) is 84.4 Å². The summed E-state index contributed by atoms with van der Waals surface area (Å²) in [7, 11) is 0. The molecule has 0 saturated carbocycles. The number of ether oxygens (including phenoxy) is 1. The first-order valence-corrected chi connectivity index (χ1v) is 8.11. The van der Waals surface area contributed by atoms with Gasteiger partial charge in [0, 0.05) is 10.9 Å². The highest BCUT2D eigenvalue weighted by Crippen LogP contribution is 2.30. The predicted octanol–water partition coefficient (Wildman–Crippen LogP) is 4.19. The molecular weight excluding hydrogens is 326 g/mol. The maximum Gasteiger partial charge on any atom is 0.323 e. The van der Waals surface area contributed by atoms with Gasteiger partial charge >= 0.3 is 6.01 Å². The first kappa shape index (κ1) is 15.8. The summed E-state index contributed by atoms with van der Waals surface area (Å²) in [6.45, 7) is 0. The van der Waals surface area contributed by atoms with Crippen LogP contribution in [0.4, 0.5) is 0 Å². The second kappa shape index (κ2) is 6.64. The number of benzene rings is 3. The zero-order chi connectivity index (χ0) is 17.9. The van der Waals surface area contributed by atoms with Crippen molar-refractivity contribution in [2.24, 2.45) is 5.73 Å². The third-order valence-corrected chi connectivity index (χ3v) is 3.98. The van der Waals surface area contributed by atoms with Crippen molar-refractivity contribution in [1.29, 1.82) is 0 Å². The summed E-state index contributed by atoms with van der Waals surface area (Å²) >= 11 is 0. The van der Waals surface area contributed by atoms with E-state index in [1.165, 1.54) is 0 Å². The molecule has 5 heteroatoms. The minimum atomic E-state index is -0.565. The molecule has 0 bridgehead atoms. The molecule has 5 nitrogen and oxygen atoms in total. The average Bonchev–Trinajstić information content (AvgIpc) is 2.68. The van der Waals surface area contributed by atoms with E-state index in [4.69, 9.17) is 10.5 Å².